The van der Waals surface area contributed by atoms with E-state index in [0.29, 0.717) is 6.42 Å². The Labute approximate surface area is 127 Å². The molecule has 0 amide bonds. The van der Waals surface area contributed by atoms with E-state index in [-0.39, 0.29) is 0 Å². The zero-order valence-electron chi connectivity index (χ0n) is 12.9. The van der Waals surface area contributed by atoms with Crippen molar-refractivity contribution in [3.8, 4) is 6.07 Å². The lowest BCUT2D eigenvalue weighted by atomic mass is 9.60. The summed E-state index contributed by atoms with van der Waals surface area (Å²) < 4.78 is 0. The van der Waals surface area contributed by atoms with Crippen molar-refractivity contribution in [1.82, 2.24) is 0 Å². The summed E-state index contributed by atoms with van der Waals surface area (Å²) in [6, 6.07) is 10.7. The van der Waals surface area contributed by atoms with Gasteiger partial charge in [0, 0.05) is 0 Å². The molecule has 0 aromatic heterocycles. The number of hydrogen-bond donors (Lipinski definition) is 1. The number of nitriles is 1. The standard InChI is InChI=1S/C19H25NO/c1-2-5-15-8-11-18(14-20,12-9-15)19(21)13-10-16-6-3-4-7-17(16)19/h3-4,6-7,15,21H,2,5,8-13H2,1H3. The summed E-state index contributed by atoms with van der Waals surface area (Å²) >= 11 is 0. The second-order valence-electron chi connectivity index (χ2n) is 6.94. The van der Waals surface area contributed by atoms with Crippen molar-refractivity contribution in [3.63, 3.8) is 0 Å². The van der Waals surface area contributed by atoms with Crippen LogP contribution in [-0.2, 0) is 12.0 Å². The Morgan fingerprint density at radius 2 is 1.95 bits per heavy atom. The van der Waals surface area contributed by atoms with Gasteiger partial charge in [0.05, 0.1) is 11.5 Å². The van der Waals surface area contributed by atoms with Crippen LogP contribution in [0.15, 0.2) is 24.3 Å². The molecule has 1 N–H and O–H groups in total. The Balaban J connectivity index is 1.90. The van der Waals surface area contributed by atoms with E-state index >= 15 is 0 Å². The molecule has 0 bridgehead atoms. The molecule has 1 aromatic carbocycles. The third kappa shape index (κ3) is 2.19. The number of hydrogen-bond acceptors (Lipinski definition) is 2. The van der Waals surface area contributed by atoms with Crippen LogP contribution in [0, 0.1) is 22.7 Å². The molecule has 0 saturated heterocycles. The summed E-state index contributed by atoms with van der Waals surface area (Å²) in [6.45, 7) is 2.23. The van der Waals surface area contributed by atoms with Crippen LogP contribution in [0.4, 0.5) is 0 Å². The predicted octanol–water partition coefficient (Wildman–Crippen LogP) is 4.32. The first-order valence-corrected chi connectivity index (χ1v) is 8.37. The number of aliphatic hydroxyl groups is 1. The smallest absolute Gasteiger partial charge is 0.109 e. The number of fused-ring (bicyclic) bond motifs is 1. The molecule has 0 heterocycles. The van der Waals surface area contributed by atoms with Crippen molar-refractivity contribution in [2.45, 2.75) is 63.9 Å². The molecule has 0 radical (unpaired) electrons. The second-order valence-corrected chi connectivity index (χ2v) is 6.94. The summed E-state index contributed by atoms with van der Waals surface area (Å²) in [5.41, 5.74) is 0.727. The molecule has 1 atom stereocenters. The van der Waals surface area contributed by atoms with Gasteiger partial charge in [-0.3, -0.25) is 0 Å². The third-order valence-corrected chi connectivity index (χ3v) is 5.88. The molecular formula is C19H25NO. The highest BCUT2D eigenvalue weighted by Gasteiger charge is 2.55. The summed E-state index contributed by atoms with van der Waals surface area (Å²) in [5, 5.41) is 21.3. The van der Waals surface area contributed by atoms with Gasteiger partial charge in [0.15, 0.2) is 0 Å². The number of rotatable bonds is 3. The highest BCUT2D eigenvalue weighted by Crippen LogP contribution is 2.56. The quantitative estimate of drug-likeness (QED) is 0.897. The lowest BCUT2D eigenvalue weighted by Crippen LogP contribution is -2.45. The van der Waals surface area contributed by atoms with Gasteiger partial charge < -0.3 is 5.11 Å². The van der Waals surface area contributed by atoms with Crippen molar-refractivity contribution in [3.05, 3.63) is 35.4 Å². The van der Waals surface area contributed by atoms with Gasteiger partial charge in [0.2, 0.25) is 0 Å². The van der Waals surface area contributed by atoms with E-state index in [0.717, 1.165) is 43.6 Å². The maximum absolute atomic E-state index is 11.4. The highest BCUT2D eigenvalue weighted by atomic mass is 16.3. The molecule has 1 unspecified atom stereocenters. The minimum absolute atomic E-state index is 0.580. The van der Waals surface area contributed by atoms with Crippen LogP contribution in [0.2, 0.25) is 0 Å². The van der Waals surface area contributed by atoms with Crippen LogP contribution in [0.5, 0.6) is 0 Å². The van der Waals surface area contributed by atoms with Gasteiger partial charge in [0.25, 0.3) is 0 Å². The van der Waals surface area contributed by atoms with Crippen molar-refractivity contribution < 1.29 is 5.11 Å². The molecule has 1 saturated carbocycles. The molecular weight excluding hydrogens is 258 g/mol. The minimum Gasteiger partial charge on any atom is -0.383 e. The van der Waals surface area contributed by atoms with E-state index in [2.05, 4.69) is 19.1 Å². The Morgan fingerprint density at radius 3 is 2.62 bits per heavy atom. The molecule has 3 rings (SSSR count). The average Bonchev–Trinajstić information content (AvgIpc) is 2.88. The van der Waals surface area contributed by atoms with E-state index < -0.39 is 11.0 Å². The van der Waals surface area contributed by atoms with E-state index in [1.54, 1.807) is 0 Å². The maximum atomic E-state index is 11.4. The number of benzene rings is 1. The van der Waals surface area contributed by atoms with E-state index in [1.807, 2.05) is 18.2 Å². The SMILES string of the molecule is CCCC1CCC(C#N)(C2(O)CCc3ccccc32)CC1. The summed E-state index contributed by atoms with van der Waals surface area (Å²) in [4.78, 5) is 0. The van der Waals surface area contributed by atoms with Crippen LogP contribution in [-0.4, -0.2) is 5.11 Å². The number of aryl methyl sites for hydroxylation is 1. The molecule has 112 valence electrons. The average molecular weight is 283 g/mol. The Morgan fingerprint density at radius 1 is 1.24 bits per heavy atom. The van der Waals surface area contributed by atoms with Crippen LogP contribution in [0.25, 0.3) is 0 Å². The Kier molecular flexibility index (Phi) is 3.80. The van der Waals surface area contributed by atoms with Gasteiger partial charge >= 0.3 is 0 Å². The first-order chi connectivity index (χ1) is 10.1. The molecule has 2 heteroatoms. The van der Waals surface area contributed by atoms with Crippen molar-refractivity contribution >= 4 is 0 Å². The van der Waals surface area contributed by atoms with Crippen molar-refractivity contribution in [1.29, 1.82) is 5.26 Å². The molecule has 2 nitrogen and oxygen atoms in total. The van der Waals surface area contributed by atoms with Gasteiger partial charge in [-0.15, -0.1) is 0 Å². The molecule has 1 aromatic rings. The Bertz CT molecular complexity index is 551. The van der Waals surface area contributed by atoms with Crippen molar-refractivity contribution in [2.75, 3.05) is 0 Å². The van der Waals surface area contributed by atoms with E-state index in [1.165, 1.54) is 18.4 Å². The maximum Gasteiger partial charge on any atom is 0.109 e. The Hall–Kier alpha value is -1.33. The fraction of sp³-hybridized carbons (Fsp3) is 0.632. The molecule has 1 fully saturated rings. The van der Waals surface area contributed by atoms with Gasteiger partial charge in [-0.1, -0.05) is 44.0 Å². The molecule has 0 spiro atoms. The molecule has 21 heavy (non-hydrogen) atoms. The molecule has 0 aliphatic heterocycles. The normalized spacial score (nSPS) is 35.2. The van der Waals surface area contributed by atoms with E-state index in [9.17, 15) is 10.4 Å². The second kappa shape index (κ2) is 5.46. The van der Waals surface area contributed by atoms with Crippen LogP contribution in [0.3, 0.4) is 0 Å². The third-order valence-electron chi connectivity index (χ3n) is 5.88. The molecule has 2 aliphatic carbocycles. The summed E-state index contributed by atoms with van der Waals surface area (Å²) in [5.74, 6) is 0.747. The predicted molar refractivity (Wildman–Crippen MR) is 83.6 cm³/mol. The topological polar surface area (TPSA) is 44.0 Å². The minimum atomic E-state index is -0.935. The van der Waals surface area contributed by atoms with Crippen LogP contribution < -0.4 is 0 Å². The lowest BCUT2D eigenvalue weighted by molar-refractivity contribution is -0.0834. The zero-order valence-corrected chi connectivity index (χ0v) is 12.9. The molecule has 2 aliphatic rings. The number of nitrogens with zero attached hydrogens (tertiary/aromatic N) is 1. The monoisotopic (exact) mass is 283 g/mol. The summed E-state index contributed by atoms with van der Waals surface area (Å²) in [7, 11) is 0. The first-order valence-electron chi connectivity index (χ1n) is 8.37. The van der Waals surface area contributed by atoms with Gasteiger partial charge in [-0.25, -0.2) is 0 Å². The largest absolute Gasteiger partial charge is 0.383 e. The van der Waals surface area contributed by atoms with Gasteiger partial charge in [-0.05, 0) is 55.6 Å². The van der Waals surface area contributed by atoms with E-state index in [4.69, 9.17) is 0 Å². The van der Waals surface area contributed by atoms with Crippen LogP contribution >= 0.6 is 0 Å². The van der Waals surface area contributed by atoms with Gasteiger partial charge in [-0.2, -0.15) is 5.26 Å². The zero-order chi connectivity index (χ0) is 14.9. The van der Waals surface area contributed by atoms with Crippen molar-refractivity contribution in [2.24, 2.45) is 11.3 Å². The summed E-state index contributed by atoms with van der Waals surface area (Å²) in [6.07, 6.45) is 7.95. The fourth-order valence-corrected chi connectivity index (χ4v) is 4.57. The first kappa shape index (κ1) is 14.6. The van der Waals surface area contributed by atoms with Crippen LogP contribution in [0.1, 0.15) is 63.0 Å². The highest BCUT2D eigenvalue weighted by molar-refractivity contribution is 5.41. The lowest BCUT2D eigenvalue weighted by Gasteiger charge is -2.45. The fourth-order valence-electron chi connectivity index (χ4n) is 4.57. The van der Waals surface area contributed by atoms with Gasteiger partial charge in [0.1, 0.15) is 5.60 Å².